The van der Waals surface area contributed by atoms with Crippen molar-refractivity contribution in [3.05, 3.63) is 188 Å². The molecule has 0 aliphatic rings. The second-order valence-electron chi connectivity index (χ2n) is 11.0. The van der Waals surface area contributed by atoms with Gasteiger partial charge >= 0.3 is 0 Å². The second kappa shape index (κ2) is 13.2. The minimum Gasteiger partial charge on any atom is -0.264 e. The van der Waals surface area contributed by atoms with Crippen LogP contribution in [0.2, 0.25) is 0 Å². The molecular weight excluding hydrogens is 633 g/mol. The number of hydrogen-bond donors (Lipinski definition) is 0. The number of rotatable bonds is 8. The van der Waals surface area contributed by atoms with Gasteiger partial charge in [-0.05, 0) is 55.3 Å². The van der Waals surface area contributed by atoms with E-state index < -0.39 is 12.1 Å². The van der Waals surface area contributed by atoms with Gasteiger partial charge in [0.05, 0.1) is 0 Å². The molecule has 0 aliphatic carbocycles. The average molecular weight is 664 g/mol. The third-order valence-electron chi connectivity index (χ3n) is 8.36. The summed E-state index contributed by atoms with van der Waals surface area (Å²) in [7, 11) is 0. The highest BCUT2D eigenvalue weighted by Gasteiger charge is 2.32. The molecule has 6 aromatic carbocycles. The van der Waals surface area contributed by atoms with Crippen LogP contribution in [0.25, 0.3) is 22.3 Å². The number of nitrogens with zero attached hydrogens (tertiary/aromatic N) is 1. The van der Waals surface area contributed by atoms with Crippen molar-refractivity contribution in [3.8, 4) is 22.3 Å². The van der Waals surface area contributed by atoms with Crippen molar-refractivity contribution >= 4 is 67.5 Å². The first kappa shape index (κ1) is 30.4. The van der Waals surface area contributed by atoms with Gasteiger partial charge in [0, 0.05) is 35.3 Å². The molecule has 0 atom stereocenters. The van der Waals surface area contributed by atoms with Crippen LogP contribution in [0.5, 0.6) is 0 Å². The summed E-state index contributed by atoms with van der Waals surface area (Å²) < 4.78 is 0. The molecule has 222 valence electrons. The fraction of sp³-hybridized carbons (Fsp3) is 0. The van der Waals surface area contributed by atoms with Gasteiger partial charge < -0.3 is 0 Å². The summed E-state index contributed by atoms with van der Waals surface area (Å²) in [5, 5.41) is 6.90. The first-order chi connectivity index (χ1) is 22.6. The maximum absolute atomic E-state index is 7.04. The zero-order valence-corrected chi connectivity index (χ0v) is 28.5. The van der Waals surface area contributed by atoms with E-state index >= 15 is 0 Å². The molecule has 0 bridgehead atoms. The van der Waals surface area contributed by atoms with E-state index in [1.807, 2.05) is 18.5 Å². The molecule has 0 amide bonds. The molecule has 0 aliphatic heterocycles. The van der Waals surface area contributed by atoms with Crippen LogP contribution in [0.4, 0.5) is 0 Å². The number of hydrogen-bond acceptors (Lipinski definition) is 3. The summed E-state index contributed by atoms with van der Waals surface area (Å²) >= 11 is 13.9. The summed E-state index contributed by atoms with van der Waals surface area (Å²) in [6.45, 7) is 0. The Bertz CT molecular complexity index is 2100. The van der Waals surface area contributed by atoms with Crippen LogP contribution in [0, 0.1) is 0 Å². The first-order valence-corrected chi connectivity index (χ1v) is 20.8. The summed E-state index contributed by atoms with van der Waals surface area (Å²) in [6, 6.07) is 57.0. The smallest absolute Gasteiger partial charge is 0.0385 e. The van der Waals surface area contributed by atoms with Gasteiger partial charge in [-0.3, -0.25) is 4.98 Å². The molecule has 7 rings (SSSR count). The molecule has 0 radical (unpaired) electrons. The number of aromatic nitrogens is 1. The molecule has 0 spiro atoms. The van der Waals surface area contributed by atoms with E-state index in [0.29, 0.717) is 0 Å². The highest BCUT2D eigenvalue weighted by Crippen LogP contribution is 2.49. The molecule has 1 heterocycles. The van der Waals surface area contributed by atoms with Gasteiger partial charge in [-0.15, -0.1) is 0 Å². The van der Waals surface area contributed by atoms with Gasteiger partial charge in [-0.1, -0.05) is 187 Å². The zero-order chi connectivity index (χ0) is 31.4. The Balaban J connectivity index is 1.59. The molecular formula is C41H31NP2S2. The Kier molecular flexibility index (Phi) is 8.76. The minimum atomic E-state index is -2.59. The quantitative estimate of drug-likeness (QED) is 0.153. The van der Waals surface area contributed by atoms with E-state index in [1.165, 1.54) is 0 Å². The molecule has 0 N–H and O–H groups in total. The van der Waals surface area contributed by atoms with Crippen LogP contribution in [0.1, 0.15) is 0 Å². The molecule has 0 saturated carbocycles. The van der Waals surface area contributed by atoms with Crippen molar-refractivity contribution in [1.82, 2.24) is 4.98 Å². The van der Waals surface area contributed by atoms with Crippen LogP contribution in [-0.4, -0.2) is 4.98 Å². The van der Waals surface area contributed by atoms with Crippen LogP contribution < -0.4 is 31.8 Å². The second-order valence-corrected chi connectivity index (χ2v) is 19.8. The minimum absolute atomic E-state index is 1.07. The Labute approximate surface area is 281 Å². The van der Waals surface area contributed by atoms with Crippen molar-refractivity contribution in [1.29, 1.82) is 0 Å². The van der Waals surface area contributed by atoms with Crippen molar-refractivity contribution in [2.75, 3.05) is 0 Å². The van der Waals surface area contributed by atoms with Gasteiger partial charge in [0.2, 0.25) is 0 Å². The molecule has 7 aromatic rings. The molecule has 1 nitrogen and oxygen atoms in total. The van der Waals surface area contributed by atoms with Crippen LogP contribution in [0.15, 0.2) is 188 Å². The third-order valence-corrected chi connectivity index (χ3v) is 18.3. The Morgan fingerprint density at radius 2 is 0.804 bits per heavy atom. The lowest BCUT2D eigenvalue weighted by molar-refractivity contribution is 1.33. The van der Waals surface area contributed by atoms with Crippen molar-refractivity contribution in [3.63, 3.8) is 0 Å². The Morgan fingerprint density at radius 1 is 0.370 bits per heavy atom. The summed E-state index contributed by atoms with van der Waals surface area (Å²) in [4.78, 5) is 4.56. The molecule has 5 heteroatoms. The van der Waals surface area contributed by atoms with Gasteiger partial charge in [0.25, 0.3) is 0 Å². The van der Waals surface area contributed by atoms with Crippen molar-refractivity contribution in [2.24, 2.45) is 0 Å². The Hall–Kier alpha value is -4.23. The predicted molar refractivity (Wildman–Crippen MR) is 207 cm³/mol. The summed E-state index contributed by atoms with van der Waals surface area (Å²) in [6.07, 6.45) is 3.85. The lowest BCUT2D eigenvalue weighted by Gasteiger charge is -2.30. The van der Waals surface area contributed by atoms with Gasteiger partial charge in [-0.25, -0.2) is 0 Å². The van der Waals surface area contributed by atoms with Gasteiger partial charge in [0.15, 0.2) is 0 Å². The normalized spacial score (nSPS) is 11.7. The van der Waals surface area contributed by atoms with E-state index in [0.717, 1.165) is 54.1 Å². The van der Waals surface area contributed by atoms with E-state index in [2.05, 4.69) is 175 Å². The average Bonchev–Trinajstić information content (AvgIpc) is 3.15. The lowest BCUT2D eigenvalue weighted by atomic mass is 9.96. The summed E-state index contributed by atoms with van der Waals surface area (Å²) in [5.41, 5.74) is 4.41. The lowest BCUT2D eigenvalue weighted by Crippen LogP contribution is -2.31. The Morgan fingerprint density at radius 3 is 1.28 bits per heavy atom. The molecule has 0 fully saturated rings. The van der Waals surface area contributed by atoms with Crippen molar-refractivity contribution in [2.45, 2.75) is 0 Å². The maximum Gasteiger partial charge on any atom is 0.0385 e. The predicted octanol–water partition coefficient (Wildman–Crippen LogP) is 7.93. The largest absolute Gasteiger partial charge is 0.264 e. The zero-order valence-electron chi connectivity index (χ0n) is 25.1. The number of benzene rings is 6. The maximum atomic E-state index is 7.04. The van der Waals surface area contributed by atoms with E-state index in [9.17, 15) is 0 Å². The third kappa shape index (κ3) is 5.55. The number of pyridine rings is 1. The molecule has 1 aromatic heterocycles. The summed E-state index contributed by atoms with van der Waals surface area (Å²) in [5.74, 6) is 0. The highest BCUT2D eigenvalue weighted by molar-refractivity contribution is 8.26. The highest BCUT2D eigenvalue weighted by atomic mass is 32.4. The molecule has 0 unspecified atom stereocenters. The van der Waals surface area contributed by atoms with Crippen LogP contribution in [-0.2, 0) is 23.6 Å². The fourth-order valence-electron chi connectivity index (χ4n) is 6.11. The SMILES string of the molecule is S=P(c1ccccc1)(c1ccccc1)c1ccc(-c2ccncc2-c2ccccc2)c(P(=S)(c2ccccc2)c2ccccc2)c1. The standard InChI is InChI=1S/C41H31NP2S2/c45-43(33-18-8-2-9-19-33,34-20-10-3-11-21-34)37-26-27-39(38-28-29-42-31-40(38)32-16-6-1-7-17-32)41(30-37)44(46,35-22-12-4-13-23-35)36-24-14-5-15-25-36/h1-31H. The van der Waals surface area contributed by atoms with E-state index in [1.54, 1.807) is 0 Å². The topological polar surface area (TPSA) is 12.9 Å². The van der Waals surface area contributed by atoms with E-state index in [4.69, 9.17) is 23.6 Å². The van der Waals surface area contributed by atoms with E-state index in [-0.39, 0.29) is 0 Å². The van der Waals surface area contributed by atoms with Crippen LogP contribution >= 0.6 is 12.1 Å². The van der Waals surface area contributed by atoms with Crippen LogP contribution in [0.3, 0.4) is 0 Å². The fourth-order valence-corrected chi connectivity index (χ4v) is 14.0. The van der Waals surface area contributed by atoms with Crippen molar-refractivity contribution < 1.29 is 0 Å². The molecule has 0 saturated heterocycles. The molecule has 46 heavy (non-hydrogen) atoms. The first-order valence-electron chi connectivity index (χ1n) is 15.2. The van der Waals surface area contributed by atoms with Gasteiger partial charge in [0.1, 0.15) is 0 Å². The monoisotopic (exact) mass is 663 g/mol. The van der Waals surface area contributed by atoms with Gasteiger partial charge in [-0.2, -0.15) is 0 Å².